The zero-order chi connectivity index (χ0) is 24.2. The zero-order valence-corrected chi connectivity index (χ0v) is 18.3. The van der Waals surface area contributed by atoms with Crippen molar-refractivity contribution in [2.75, 3.05) is 27.2 Å². The molecule has 0 spiro atoms. The first kappa shape index (κ1) is 24.3. The SMILES string of the molecule is CNC(=O)C(C(=O)NO)N(C)C(=O)c1ccc(-c2ccc(CN3CCC(F)(F)C3)cc2)cc1. The molecular weight excluding hydrogens is 434 g/mol. The quantitative estimate of drug-likeness (QED) is 0.333. The molecule has 2 aromatic rings. The van der Waals surface area contributed by atoms with Crippen molar-refractivity contribution in [2.45, 2.75) is 24.9 Å². The van der Waals surface area contributed by atoms with Crippen LogP contribution in [0.2, 0.25) is 0 Å². The summed E-state index contributed by atoms with van der Waals surface area (Å²) in [7, 11) is 2.61. The molecule has 3 amide bonds. The summed E-state index contributed by atoms with van der Waals surface area (Å²) in [5, 5.41) is 11.2. The number of benzene rings is 2. The molecule has 1 saturated heterocycles. The number of nitrogens with zero attached hydrogens (tertiary/aromatic N) is 2. The monoisotopic (exact) mass is 460 g/mol. The first-order valence-corrected chi connectivity index (χ1v) is 10.4. The molecule has 3 N–H and O–H groups in total. The molecule has 33 heavy (non-hydrogen) atoms. The second-order valence-corrected chi connectivity index (χ2v) is 8.00. The van der Waals surface area contributed by atoms with E-state index in [-0.39, 0.29) is 18.5 Å². The highest BCUT2D eigenvalue weighted by Crippen LogP contribution is 2.28. The number of hydroxylamine groups is 1. The molecule has 8 nitrogen and oxygen atoms in total. The maximum Gasteiger partial charge on any atom is 0.275 e. The molecule has 2 aromatic carbocycles. The van der Waals surface area contributed by atoms with E-state index in [0.29, 0.717) is 13.1 Å². The third kappa shape index (κ3) is 5.71. The van der Waals surface area contributed by atoms with Crippen LogP contribution in [0.15, 0.2) is 48.5 Å². The van der Waals surface area contributed by atoms with E-state index in [2.05, 4.69) is 5.32 Å². The van der Waals surface area contributed by atoms with Gasteiger partial charge in [-0.2, -0.15) is 0 Å². The molecule has 1 heterocycles. The summed E-state index contributed by atoms with van der Waals surface area (Å²) >= 11 is 0. The largest absolute Gasteiger partial charge is 0.357 e. The maximum absolute atomic E-state index is 13.4. The highest BCUT2D eigenvalue weighted by Gasteiger charge is 2.38. The van der Waals surface area contributed by atoms with Crippen molar-refractivity contribution in [1.82, 2.24) is 20.6 Å². The summed E-state index contributed by atoms with van der Waals surface area (Å²) in [6.07, 6.45) is -0.111. The minimum Gasteiger partial charge on any atom is -0.357 e. The lowest BCUT2D eigenvalue weighted by Gasteiger charge is -2.25. The Labute approximate surface area is 190 Å². The third-order valence-electron chi connectivity index (χ3n) is 5.63. The Morgan fingerprint density at radius 2 is 1.64 bits per heavy atom. The van der Waals surface area contributed by atoms with Gasteiger partial charge in [-0.25, -0.2) is 14.3 Å². The van der Waals surface area contributed by atoms with E-state index >= 15 is 0 Å². The number of hydrogen-bond acceptors (Lipinski definition) is 5. The predicted octanol–water partition coefficient (Wildman–Crippen LogP) is 1.89. The Morgan fingerprint density at radius 1 is 1.06 bits per heavy atom. The number of likely N-dealkylation sites (tertiary alicyclic amines) is 1. The molecule has 0 radical (unpaired) electrons. The van der Waals surface area contributed by atoms with Crippen LogP contribution in [0, 0.1) is 0 Å². The van der Waals surface area contributed by atoms with Gasteiger partial charge in [0.1, 0.15) is 0 Å². The molecular formula is C23H26F2N4O4. The molecule has 0 aromatic heterocycles. The third-order valence-corrected chi connectivity index (χ3v) is 5.63. The van der Waals surface area contributed by atoms with Crippen LogP contribution in [0.4, 0.5) is 8.78 Å². The Balaban J connectivity index is 1.68. The molecule has 176 valence electrons. The van der Waals surface area contributed by atoms with Gasteiger partial charge in [0.15, 0.2) is 6.04 Å². The summed E-state index contributed by atoms with van der Waals surface area (Å²) in [4.78, 5) is 39.2. The van der Waals surface area contributed by atoms with E-state index in [1.807, 2.05) is 24.3 Å². The summed E-state index contributed by atoms with van der Waals surface area (Å²) < 4.78 is 26.7. The minimum absolute atomic E-state index is 0.111. The van der Waals surface area contributed by atoms with Crippen molar-refractivity contribution in [3.63, 3.8) is 0 Å². The fourth-order valence-electron chi connectivity index (χ4n) is 3.80. The number of hydrogen-bond donors (Lipinski definition) is 3. The highest BCUT2D eigenvalue weighted by atomic mass is 19.3. The number of rotatable bonds is 7. The van der Waals surface area contributed by atoms with Gasteiger partial charge in [0, 0.05) is 39.2 Å². The van der Waals surface area contributed by atoms with Gasteiger partial charge in [-0.3, -0.25) is 24.5 Å². The maximum atomic E-state index is 13.4. The topological polar surface area (TPSA) is 102 Å². The normalized spacial score (nSPS) is 16.2. The molecule has 0 bridgehead atoms. The lowest BCUT2D eigenvalue weighted by Crippen LogP contribution is -2.54. The van der Waals surface area contributed by atoms with Crippen molar-refractivity contribution in [3.8, 4) is 11.1 Å². The second kappa shape index (κ2) is 10.1. The van der Waals surface area contributed by atoms with E-state index in [9.17, 15) is 23.2 Å². The first-order chi connectivity index (χ1) is 15.6. The molecule has 1 fully saturated rings. The van der Waals surface area contributed by atoms with Gasteiger partial charge in [0.05, 0.1) is 6.54 Å². The van der Waals surface area contributed by atoms with Crippen LogP contribution >= 0.6 is 0 Å². The van der Waals surface area contributed by atoms with Gasteiger partial charge < -0.3 is 10.2 Å². The fraction of sp³-hybridized carbons (Fsp3) is 0.348. The summed E-state index contributed by atoms with van der Waals surface area (Å²) in [6, 6.07) is 12.6. The Morgan fingerprint density at radius 3 is 2.12 bits per heavy atom. The molecule has 1 atom stereocenters. The van der Waals surface area contributed by atoms with Gasteiger partial charge in [0.2, 0.25) is 0 Å². The molecule has 10 heteroatoms. The fourth-order valence-corrected chi connectivity index (χ4v) is 3.80. The Bertz CT molecular complexity index is 996. The number of likely N-dealkylation sites (N-methyl/N-ethyl adjacent to an activating group) is 2. The zero-order valence-electron chi connectivity index (χ0n) is 18.3. The lowest BCUT2D eigenvalue weighted by molar-refractivity contribution is -0.140. The lowest BCUT2D eigenvalue weighted by atomic mass is 10.0. The van der Waals surface area contributed by atoms with Crippen LogP contribution in [0.25, 0.3) is 11.1 Å². The summed E-state index contributed by atoms with van der Waals surface area (Å²) in [5.74, 6) is -4.96. The number of carbonyl (C=O) groups excluding carboxylic acids is 3. The minimum atomic E-state index is -2.62. The van der Waals surface area contributed by atoms with E-state index in [1.165, 1.54) is 19.6 Å². The van der Waals surface area contributed by atoms with Crippen LogP contribution < -0.4 is 10.8 Å². The van der Waals surface area contributed by atoms with Gasteiger partial charge in [0.25, 0.3) is 23.6 Å². The van der Waals surface area contributed by atoms with E-state index in [1.54, 1.807) is 29.2 Å². The number of alkyl halides is 2. The number of amides is 3. The van der Waals surface area contributed by atoms with Crippen molar-refractivity contribution in [3.05, 3.63) is 59.7 Å². The van der Waals surface area contributed by atoms with Crippen molar-refractivity contribution < 1.29 is 28.4 Å². The number of halogens is 2. The molecule has 1 aliphatic heterocycles. The van der Waals surface area contributed by atoms with Crippen LogP contribution in [-0.4, -0.2) is 71.9 Å². The van der Waals surface area contributed by atoms with Crippen molar-refractivity contribution in [1.29, 1.82) is 0 Å². The van der Waals surface area contributed by atoms with Crippen LogP contribution in [0.5, 0.6) is 0 Å². The van der Waals surface area contributed by atoms with E-state index in [0.717, 1.165) is 21.6 Å². The van der Waals surface area contributed by atoms with E-state index < -0.39 is 29.7 Å². The molecule has 3 rings (SSSR count). The van der Waals surface area contributed by atoms with Crippen LogP contribution in [0.1, 0.15) is 22.3 Å². The Kier molecular flexibility index (Phi) is 7.39. The van der Waals surface area contributed by atoms with Crippen LogP contribution in [0.3, 0.4) is 0 Å². The average molecular weight is 460 g/mol. The van der Waals surface area contributed by atoms with Crippen molar-refractivity contribution >= 4 is 17.7 Å². The van der Waals surface area contributed by atoms with Gasteiger partial charge in [-0.05, 0) is 28.8 Å². The van der Waals surface area contributed by atoms with Crippen LogP contribution in [-0.2, 0) is 16.1 Å². The molecule has 1 aliphatic rings. The summed E-state index contributed by atoms with van der Waals surface area (Å²) in [6.45, 7) is 0.614. The predicted molar refractivity (Wildman–Crippen MR) is 117 cm³/mol. The van der Waals surface area contributed by atoms with E-state index in [4.69, 9.17) is 5.21 Å². The highest BCUT2D eigenvalue weighted by molar-refractivity contribution is 6.08. The Hall–Kier alpha value is -3.37. The summed E-state index contributed by atoms with van der Waals surface area (Å²) in [5.41, 5.74) is 4.32. The average Bonchev–Trinajstić information content (AvgIpc) is 3.16. The smallest absolute Gasteiger partial charge is 0.275 e. The van der Waals surface area contributed by atoms with Gasteiger partial charge >= 0.3 is 0 Å². The molecule has 0 aliphatic carbocycles. The standard InChI is InChI=1S/C23H26F2N4O4/c1-26-20(30)19(21(31)27-33)28(2)22(32)18-9-7-17(8-10-18)16-5-3-15(4-6-16)13-29-12-11-23(24,25)14-29/h3-10,19,33H,11-14H2,1-2H3,(H,26,30)(H,27,31). The number of nitrogens with one attached hydrogen (secondary N) is 2. The van der Waals surface area contributed by atoms with Gasteiger partial charge in [-0.15, -0.1) is 0 Å². The second-order valence-electron chi connectivity index (χ2n) is 8.00. The van der Waals surface area contributed by atoms with Gasteiger partial charge in [-0.1, -0.05) is 36.4 Å². The molecule has 0 saturated carbocycles. The van der Waals surface area contributed by atoms with Crippen molar-refractivity contribution in [2.24, 2.45) is 0 Å². The first-order valence-electron chi connectivity index (χ1n) is 10.4. The molecule has 1 unspecified atom stereocenters. The number of carbonyl (C=O) groups is 3.